The van der Waals surface area contributed by atoms with E-state index in [0.717, 1.165) is 36.7 Å². The lowest BCUT2D eigenvalue weighted by atomic mass is 10.0. The van der Waals surface area contributed by atoms with Crippen molar-refractivity contribution in [2.75, 3.05) is 19.6 Å². The number of hydrogen-bond acceptors (Lipinski definition) is 2. The lowest BCUT2D eigenvalue weighted by Crippen LogP contribution is -2.42. The Kier molecular flexibility index (Phi) is 4.29. The van der Waals surface area contributed by atoms with Gasteiger partial charge in [-0.05, 0) is 69.2 Å². The van der Waals surface area contributed by atoms with Gasteiger partial charge in [0.1, 0.15) is 0 Å². The fourth-order valence-corrected chi connectivity index (χ4v) is 3.18. The molecule has 1 saturated heterocycles. The zero-order valence-electron chi connectivity index (χ0n) is 13.2. The first-order valence-corrected chi connectivity index (χ1v) is 8.24. The maximum Gasteiger partial charge on any atom is 0.254 e. The molecule has 0 aromatic heterocycles. The molecule has 3 heteroatoms. The van der Waals surface area contributed by atoms with Crippen LogP contribution < -0.4 is 5.32 Å². The molecule has 1 saturated carbocycles. The summed E-state index contributed by atoms with van der Waals surface area (Å²) in [6, 6.07) is 6.54. The Balaban J connectivity index is 1.76. The number of nitrogens with zero attached hydrogens (tertiary/aromatic N) is 1. The first-order chi connectivity index (χ1) is 10.1. The fourth-order valence-electron chi connectivity index (χ4n) is 3.18. The quantitative estimate of drug-likeness (QED) is 0.902. The summed E-state index contributed by atoms with van der Waals surface area (Å²) < 4.78 is 0. The summed E-state index contributed by atoms with van der Waals surface area (Å²) >= 11 is 0. The van der Waals surface area contributed by atoms with Crippen LogP contribution in [-0.2, 0) is 0 Å². The Bertz CT molecular complexity index is 516. The van der Waals surface area contributed by atoms with E-state index in [0.29, 0.717) is 6.04 Å². The van der Waals surface area contributed by atoms with E-state index in [4.69, 9.17) is 0 Å². The van der Waals surface area contributed by atoms with Gasteiger partial charge >= 0.3 is 0 Å². The minimum atomic E-state index is 0.219. The van der Waals surface area contributed by atoms with Crippen LogP contribution in [-0.4, -0.2) is 36.5 Å². The number of nitrogens with one attached hydrogen (secondary N) is 1. The predicted octanol–water partition coefficient (Wildman–Crippen LogP) is 2.91. The van der Waals surface area contributed by atoms with Gasteiger partial charge in [0.05, 0.1) is 0 Å². The minimum Gasteiger partial charge on any atom is -0.337 e. The molecule has 1 heterocycles. The van der Waals surface area contributed by atoms with Crippen molar-refractivity contribution in [2.45, 2.75) is 45.6 Å². The Hall–Kier alpha value is -1.35. The molecule has 2 fully saturated rings. The summed E-state index contributed by atoms with van der Waals surface area (Å²) in [7, 11) is 0. The highest BCUT2D eigenvalue weighted by atomic mass is 16.2. The normalized spacial score (nSPS) is 21.5. The lowest BCUT2D eigenvalue weighted by Gasteiger charge is -2.27. The molecule has 0 bridgehead atoms. The number of aryl methyl sites for hydroxylation is 1. The molecule has 3 nitrogen and oxygen atoms in total. The number of carbonyl (C=O) groups is 1. The van der Waals surface area contributed by atoms with Crippen LogP contribution in [0.3, 0.4) is 0 Å². The van der Waals surface area contributed by atoms with Gasteiger partial charge in [-0.1, -0.05) is 12.1 Å². The van der Waals surface area contributed by atoms with Crippen molar-refractivity contribution < 1.29 is 4.79 Å². The molecule has 114 valence electrons. The van der Waals surface area contributed by atoms with E-state index in [1.807, 2.05) is 12.1 Å². The molecule has 1 aliphatic heterocycles. The molecule has 1 atom stereocenters. The van der Waals surface area contributed by atoms with Gasteiger partial charge in [-0.15, -0.1) is 0 Å². The zero-order chi connectivity index (χ0) is 14.8. The SMILES string of the molecule is Cc1cccc(C(=O)N(CC2CC2)CC2CCCN2)c1C. The van der Waals surface area contributed by atoms with Gasteiger partial charge in [0.15, 0.2) is 0 Å². The van der Waals surface area contributed by atoms with Gasteiger partial charge in [0.25, 0.3) is 5.91 Å². The molecule has 0 radical (unpaired) electrons. The number of benzene rings is 1. The van der Waals surface area contributed by atoms with Crippen molar-refractivity contribution in [1.82, 2.24) is 10.2 Å². The number of carbonyl (C=O) groups excluding carboxylic acids is 1. The molecule has 1 aliphatic carbocycles. The van der Waals surface area contributed by atoms with Crippen LogP contribution >= 0.6 is 0 Å². The molecular formula is C18H26N2O. The minimum absolute atomic E-state index is 0.219. The molecule has 21 heavy (non-hydrogen) atoms. The summed E-state index contributed by atoms with van der Waals surface area (Å²) in [5.74, 6) is 0.956. The highest BCUT2D eigenvalue weighted by Crippen LogP contribution is 2.30. The van der Waals surface area contributed by atoms with Gasteiger partial charge in [0.2, 0.25) is 0 Å². The molecule has 1 amide bonds. The second kappa shape index (κ2) is 6.18. The lowest BCUT2D eigenvalue weighted by molar-refractivity contribution is 0.0732. The maximum atomic E-state index is 13.0. The summed E-state index contributed by atoms with van der Waals surface area (Å²) in [6.45, 7) is 7.04. The molecular weight excluding hydrogens is 260 g/mol. The number of rotatable bonds is 5. The van der Waals surface area contributed by atoms with Crippen LogP contribution in [0.15, 0.2) is 18.2 Å². The van der Waals surface area contributed by atoms with E-state index in [2.05, 4.69) is 30.1 Å². The standard InChI is InChI=1S/C18H26N2O/c1-13-5-3-7-17(14(13)2)18(21)20(11-15-8-9-15)12-16-6-4-10-19-16/h3,5,7,15-16,19H,4,6,8-12H2,1-2H3. The van der Waals surface area contributed by atoms with Crippen molar-refractivity contribution in [3.05, 3.63) is 34.9 Å². The smallest absolute Gasteiger partial charge is 0.254 e. The van der Waals surface area contributed by atoms with Crippen LogP contribution in [0.2, 0.25) is 0 Å². The summed E-state index contributed by atoms with van der Waals surface area (Å²) in [4.78, 5) is 15.1. The molecule has 1 unspecified atom stereocenters. The van der Waals surface area contributed by atoms with Crippen LogP contribution in [0.1, 0.15) is 47.2 Å². The largest absolute Gasteiger partial charge is 0.337 e. The predicted molar refractivity (Wildman–Crippen MR) is 85.6 cm³/mol. The summed E-state index contributed by atoms with van der Waals surface area (Å²) in [5.41, 5.74) is 3.21. The third-order valence-electron chi connectivity index (χ3n) is 4.90. The van der Waals surface area contributed by atoms with Gasteiger partial charge in [-0.25, -0.2) is 0 Å². The second-order valence-electron chi connectivity index (χ2n) is 6.69. The van der Waals surface area contributed by atoms with E-state index in [1.165, 1.54) is 31.2 Å². The Morgan fingerprint density at radius 2 is 2.05 bits per heavy atom. The van der Waals surface area contributed by atoms with Crippen molar-refractivity contribution in [3.63, 3.8) is 0 Å². The molecule has 1 aromatic rings. The molecule has 1 aromatic carbocycles. The van der Waals surface area contributed by atoms with E-state index >= 15 is 0 Å². The van der Waals surface area contributed by atoms with Gasteiger partial charge in [-0.2, -0.15) is 0 Å². The maximum absolute atomic E-state index is 13.0. The molecule has 0 spiro atoms. The van der Waals surface area contributed by atoms with E-state index < -0.39 is 0 Å². The topological polar surface area (TPSA) is 32.3 Å². The molecule has 3 rings (SSSR count). The van der Waals surface area contributed by atoms with Crippen molar-refractivity contribution >= 4 is 5.91 Å². The molecule has 1 N–H and O–H groups in total. The summed E-state index contributed by atoms with van der Waals surface area (Å²) in [6.07, 6.45) is 5.00. The van der Waals surface area contributed by atoms with Crippen LogP contribution in [0.4, 0.5) is 0 Å². The first-order valence-electron chi connectivity index (χ1n) is 8.24. The first kappa shape index (κ1) is 14.6. The Morgan fingerprint density at radius 3 is 2.71 bits per heavy atom. The molecule has 2 aliphatic rings. The Labute approximate surface area is 127 Å². The highest BCUT2D eigenvalue weighted by Gasteiger charge is 2.30. The van der Waals surface area contributed by atoms with Crippen LogP contribution in [0.5, 0.6) is 0 Å². The van der Waals surface area contributed by atoms with Crippen molar-refractivity contribution in [3.8, 4) is 0 Å². The van der Waals surface area contributed by atoms with E-state index in [9.17, 15) is 4.79 Å². The van der Waals surface area contributed by atoms with Gasteiger partial charge in [-0.3, -0.25) is 4.79 Å². The van der Waals surface area contributed by atoms with Crippen LogP contribution in [0.25, 0.3) is 0 Å². The zero-order valence-corrected chi connectivity index (χ0v) is 13.2. The average molecular weight is 286 g/mol. The Morgan fingerprint density at radius 1 is 1.24 bits per heavy atom. The second-order valence-corrected chi connectivity index (χ2v) is 6.69. The third-order valence-corrected chi connectivity index (χ3v) is 4.90. The van der Waals surface area contributed by atoms with Gasteiger partial charge in [0, 0.05) is 24.7 Å². The number of hydrogen-bond donors (Lipinski definition) is 1. The average Bonchev–Trinajstić information content (AvgIpc) is 3.14. The van der Waals surface area contributed by atoms with Crippen molar-refractivity contribution in [2.24, 2.45) is 5.92 Å². The van der Waals surface area contributed by atoms with Crippen molar-refractivity contribution in [1.29, 1.82) is 0 Å². The fraction of sp³-hybridized carbons (Fsp3) is 0.611. The third kappa shape index (κ3) is 3.46. The highest BCUT2D eigenvalue weighted by molar-refractivity contribution is 5.96. The van der Waals surface area contributed by atoms with E-state index in [1.54, 1.807) is 0 Å². The van der Waals surface area contributed by atoms with Gasteiger partial charge < -0.3 is 10.2 Å². The van der Waals surface area contributed by atoms with Crippen LogP contribution in [0, 0.1) is 19.8 Å². The monoisotopic (exact) mass is 286 g/mol. The van der Waals surface area contributed by atoms with E-state index in [-0.39, 0.29) is 5.91 Å². The number of amides is 1. The summed E-state index contributed by atoms with van der Waals surface area (Å²) in [5, 5.41) is 3.52.